The highest BCUT2D eigenvalue weighted by Gasteiger charge is 2.42. The maximum atomic E-state index is 14.2. The number of hydrogen-bond acceptors (Lipinski definition) is 5. The van der Waals surface area contributed by atoms with Gasteiger partial charge in [-0.1, -0.05) is 50.6 Å². The van der Waals surface area contributed by atoms with E-state index in [0.717, 1.165) is 18.4 Å². The van der Waals surface area contributed by atoms with E-state index in [0.29, 0.717) is 25.1 Å². The molecule has 7 nitrogen and oxygen atoms in total. The van der Waals surface area contributed by atoms with Crippen LogP contribution in [0.1, 0.15) is 85.8 Å². The predicted octanol–water partition coefficient (Wildman–Crippen LogP) is 5.31. The fourth-order valence-electron chi connectivity index (χ4n) is 3.59. The molecule has 0 aromatic heterocycles. The van der Waals surface area contributed by atoms with E-state index in [4.69, 9.17) is 4.74 Å². The van der Waals surface area contributed by atoms with Crippen LogP contribution in [-0.2, 0) is 14.3 Å². The number of carbonyl (C=O) groups excluding carboxylic acids is 3. The van der Waals surface area contributed by atoms with Crippen LogP contribution in [-0.4, -0.2) is 58.5 Å². The monoisotopic (exact) mass is 507 g/mol. The summed E-state index contributed by atoms with van der Waals surface area (Å²) in [5.74, 6) is 0.155. The van der Waals surface area contributed by atoms with Crippen LogP contribution in [0.2, 0.25) is 0 Å². The molecule has 2 N–H and O–H groups in total. The van der Waals surface area contributed by atoms with Gasteiger partial charge in [0.15, 0.2) is 0 Å². The molecule has 1 aromatic rings. The van der Waals surface area contributed by atoms with Gasteiger partial charge in [0.1, 0.15) is 17.7 Å². The Hall–Kier alpha value is -2.22. The largest absolute Gasteiger partial charge is 0.444 e. The Bertz CT molecular complexity index is 808. The molecule has 0 radical (unpaired) electrons. The van der Waals surface area contributed by atoms with Gasteiger partial charge in [-0.3, -0.25) is 9.59 Å². The molecule has 3 amide bonds. The Labute approximate surface area is 216 Å². The molecule has 0 fully saturated rings. The molecule has 0 spiro atoms. The van der Waals surface area contributed by atoms with E-state index in [-0.39, 0.29) is 11.8 Å². The number of thioether (sulfide) groups is 1. The zero-order valence-corrected chi connectivity index (χ0v) is 23.6. The second-order valence-corrected chi connectivity index (χ2v) is 11.3. The van der Waals surface area contributed by atoms with Crippen LogP contribution in [0.15, 0.2) is 30.3 Å². The first-order chi connectivity index (χ1) is 16.4. The molecular weight excluding hydrogens is 462 g/mol. The topological polar surface area (TPSA) is 87.7 Å². The average Bonchev–Trinajstić information content (AvgIpc) is 2.79. The Morgan fingerprint density at radius 1 is 1.06 bits per heavy atom. The Morgan fingerprint density at radius 3 is 2.20 bits per heavy atom. The third-order valence-corrected chi connectivity index (χ3v) is 6.45. The summed E-state index contributed by atoms with van der Waals surface area (Å²) in [6.45, 7) is 13.9. The van der Waals surface area contributed by atoms with Crippen LogP contribution in [0.4, 0.5) is 4.79 Å². The molecule has 2 atom stereocenters. The summed E-state index contributed by atoms with van der Waals surface area (Å²) in [7, 11) is 0. The van der Waals surface area contributed by atoms with Crippen LogP contribution in [0.25, 0.3) is 0 Å². The Balaban J connectivity index is 3.48. The number of hydrogen-bond donors (Lipinski definition) is 2. The quantitative estimate of drug-likeness (QED) is 0.353. The van der Waals surface area contributed by atoms with Crippen molar-refractivity contribution in [3.63, 3.8) is 0 Å². The van der Waals surface area contributed by atoms with E-state index in [2.05, 4.69) is 17.6 Å². The molecule has 0 aliphatic heterocycles. The van der Waals surface area contributed by atoms with Crippen molar-refractivity contribution in [1.82, 2.24) is 15.5 Å². The Morgan fingerprint density at radius 2 is 1.69 bits per heavy atom. The fraction of sp³-hybridized carbons (Fsp3) is 0.667. The van der Waals surface area contributed by atoms with E-state index >= 15 is 0 Å². The highest BCUT2D eigenvalue weighted by molar-refractivity contribution is 7.98. The summed E-state index contributed by atoms with van der Waals surface area (Å²) in [5.41, 5.74) is -0.602. The van der Waals surface area contributed by atoms with Crippen molar-refractivity contribution < 1.29 is 19.1 Å². The van der Waals surface area contributed by atoms with Gasteiger partial charge >= 0.3 is 6.09 Å². The van der Waals surface area contributed by atoms with Gasteiger partial charge in [0.2, 0.25) is 11.8 Å². The molecule has 1 aromatic carbocycles. The van der Waals surface area contributed by atoms with Crippen LogP contribution >= 0.6 is 11.8 Å². The number of alkyl carbamates (subject to hydrolysis) is 1. The SMILES string of the molecule is CCCCNC(=O)C(c1ccccc1)N(C(=O)C(CCSC)NC(=O)OC(C)(C)C)C(C)(C)CC. The van der Waals surface area contributed by atoms with E-state index in [1.54, 1.807) is 37.4 Å². The van der Waals surface area contributed by atoms with Crippen LogP contribution in [0.3, 0.4) is 0 Å². The minimum atomic E-state index is -0.826. The first-order valence-corrected chi connectivity index (χ1v) is 13.9. The number of ether oxygens (including phenoxy) is 1. The average molecular weight is 508 g/mol. The molecule has 198 valence electrons. The molecule has 0 saturated heterocycles. The molecule has 0 aliphatic carbocycles. The van der Waals surface area contributed by atoms with Crippen molar-refractivity contribution >= 4 is 29.7 Å². The van der Waals surface area contributed by atoms with Gasteiger partial charge in [0, 0.05) is 12.1 Å². The maximum absolute atomic E-state index is 14.2. The van der Waals surface area contributed by atoms with Crippen molar-refractivity contribution in [1.29, 1.82) is 0 Å². The van der Waals surface area contributed by atoms with E-state index in [9.17, 15) is 14.4 Å². The summed E-state index contributed by atoms with van der Waals surface area (Å²) >= 11 is 1.60. The zero-order chi connectivity index (χ0) is 26.6. The van der Waals surface area contributed by atoms with Gasteiger partial charge < -0.3 is 20.3 Å². The van der Waals surface area contributed by atoms with Gasteiger partial charge in [0.25, 0.3) is 0 Å². The van der Waals surface area contributed by atoms with Crippen LogP contribution in [0.5, 0.6) is 0 Å². The summed E-state index contributed by atoms with van der Waals surface area (Å²) in [4.78, 5) is 42.0. The predicted molar refractivity (Wildman–Crippen MR) is 144 cm³/mol. The number of unbranched alkanes of at least 4 members (excludes halogenated alkanes) is 1. The number of carbonyl (C=O) groups is 3. The molecule has 0 heterocycles. The normalized spacial score (nSPS) is 13.5. The second kappa shape index (κ2) is 14.4. The molecule has 1 rings (SSSR count). The highest BCUT2D eigenvalue weighted by atomic mass is 32.2. The third-order valence-electron chi connectivity index (χ3n) is 5.81. The van der Waals surface area contributed by atoms with Crippen molar-refractivity contribution in [2.75, 3.05) is 18.6 Å². The molecule has 2 unspecified atom stereocenters. The first-order valence-electron chi connectivity index (χ1n) is 12.5. The third kappa shape index (κ3) is 10.1. The zero-order valence-electron chi connectivity index (χ0n) is 22.8. The molecule has 35 heavy (non-hydrogen) atoms. The minimum absolute atomic E-state index is 0.222. The minimum Gasteiger partial charge on any atom is -0.444 e. The van der Waals surface area contributed by atoms with Crippen molar-refractivity contribution in [2.45, 2.75) is 97.4 Å². The van der Waals surface area contributed by atoms with Gasteiger partial charge in [-0.15, -0.1) is 0 Å². The fourth-order valence-corrected chi connectivity index (χ4v) is 4.07. The smallest absolute Gasteiger partial charge is 0.408 e. The van der Waals surface area contributed by atoms with Gasteiger partial charge in [-0.05, 0) is 71.5 Å². The first kappa shape index (κ1) is 30.8. The van der Waals surface area contributed by atoms with E-state index < -0.39 is 29.3 Å². The maximum Gasteiger partial charge on any atom is 0.408 e. The van der Waals surface area contributed by atoms with E-state index in [1.165, 1.54) is 0 Å². The summed E-state index contributed by atoms with van der Waals surface area (Å²) < 4.78 is 5.44. The van der Waals surface area contributed by atoms with E-state index in [1.807, 2.05) is 57.4 Å². The summed E-state index contributed by atoms with van der Waals surface area (Å²) in [5, 5.41) is 5.80. The number of nitrogens with one attached hydrogen (secondary N) is 2. The highest BCUT2D eigenvalue weighted by Crippen LogP contribution is 2.32. The van der Waals surface area contributed by atoms with Crippen molar-refractivity contribution in [2.24, 2.45) is 0 Å². The van der Waals surface area contributed by atoms with Crippen molar-refractivity contribution in [3.8, 4) is 0 Å². The number of nitrogens with zero attached hydrogens (tertiary/aromatic N) is 1. The Kier molecular flexibility index (Phi) is 12.6. The lowest BCUT2D eigenvalue weighted by atomic mass is 9.91. The number of benzene rings is 1. The summed E-state index contributed by atoms with van der Waals surface area (Å²) in [6.07, 6.45) is 4.18. The molecule has 0 saturated carbocycles. The van der Waals surface area contributed by atoms with Gasteiger partial charge in [-0.25, -0.2) is 4.79 Å². The van der Waals surface area contributed by atoms with Crippen LogP contribution in [0, 0.1) is 0 Å². The van der Waals surface area contributed by atoms with Gasteiger partial charge in [-0.2, -0.15) is 11.8 Å². The second-order valence-electron chi connectivity index (χ2n) is 10.3. The number of amides is 3. The molecule has 0 bridgehead atoms. The van der Waals surface area contributed by atoms with Crippen molar-refractivity contribution in [3.05, 3.63) is 35.9 Å². The summed E-state index contributed by atoms with van der Waals surface area (Å²) in [6, 6.07) is 7.71. The molecular formula is C27H45N3O4S. The van der Waals surface area contributed by atoms with Crippen LogP contribution < -0.4 is 10.6 Å². The van der Waals surface area contributed by atoms with Gasteiger partial charge in [0.05, 0.1) is 0 Å². The lowest BCUT2D eigenvalue weighted by Gasteiger charge is -2.44. The standard InChI is InChI=1S/C27H45N3O4S/c1-9-11-18-28-23(31)22(20-15-13-12-14-16-20)30(27(6,7)10-2)24(32)21(17-19-35-8)29-25(33)34-26(3,4)5/h12-16,21-22H,9-11,17-19H2,1-8H3,(H,28,31)(H,29,33). The molecule has 8 heteroatoms. The molecule has 0 aliphatic rings. The number of rotatable bonds is 13. The lowest BCUT2D eigenvalue weighted by molar-refractivity contribution is -0.149. The lowest BCUT2D eigenvalue weighted by Crippen LogP contribution is -2.59.